The Kier molecular flexibility index (Phi) is 22.0. The molecule has 2 rings (SSSR count). The third-order valence-corrected chi connectivity index (χ3v) is 11.5. The van der Waals surface area contributed by atoms with Crippen LogP contribution in [-0.4, -0.2) is 38.9 Å². The highest BCUT2D eigenvalue weighted by Gasteiger charge is 2.42. The van der Waals surface area contributed by atoms with Crippen LogP contribution in [-0.2, 0) is 4.79 Å². The van der Waals surface area contributed by atoms with Gasteiger partial charge in [0.1, 0.15) is 5.92 Å². The topological polar surface area (TPSA) is 77.8 Å². The Morgan fingerprint density at radius 2 is 1.48 bits per heavy atom. The first kappa shape index (κ1) is 40.9. The average Bonchev–Trinajstić information content (AvgIpc) is 3.28. The van der Waals surface area contributed by atoms with Crippen molar-refractivity contribution in [2.24, 2.45) is 23.2 Å². The number of aliphatic hydroxyl groups excluding tert-OH is 2. The van der Waals surface area contributed by atoms with Crippen molar-refractivity contribution in [3.8, 4) is 11.8 Å². The molecule has 0 aromatic carbocycles. The molecule has 0 aromatic rings. The van der Waals surface area contributed by atoms with Crippen molar-refractivity contribution in [2.45, 2.75) is 192 Å². The Labute approximate surface area is 288 Å². The van der Waals surface area contributed by atoms with E-state index in [-0.39, 0.29) is 28.7 Å². The third kappa shape index (κ3) is 15.7. The number of hydrogen-bond acceptors (Lipinski definition) is 3. The Morgan fingerprint density at radius 3 is 2.00 bits per heavy atom. The van der Waals surface area contributed by atoms with Crippen LogP contribution in [0.2, 0.25) is 0 Å². The average molecular weight is 661 g/mol. The maximum Gasteiger partial charge on any atom is 0.318 e. The summed E-state index contributed by atoms with van der Waals surface area (Å²) in [5.74, 6) is 4.80. The van der Waals surface area contributed by atoms with Gasteiger partial charge in [-0.25, -0.2) is 0 Å². The van der Waals surface area contributed by atoms with Crippen LogP contribution >= 0.6 is 11.6 Å². The molecule has 3 N–H and O–H groups in total. The molecule has 2 aliphatic carbocycles. The number of halogens is 1. The fourth-order valence-corrected chi connectivity index (χ4v) is 7.96. The van der Waals surface area contributed by atoms with E-state index in [2.05, 4.69) is 43.9 Å². The lowest BCUT2D eigenvalue weighted by Gasteiger charge is -2.45. The minimum atomic E-state index is -0.837. The number of allylic oxidation sites excluding steroid dienone is 2. The largest absolute Gasteiger partial charge is 0.480 e. The van der Waals surface area contributed by atoms with Crippen LogP contribution in [0.1, 0.15) is 174 Å². The summed E-state index contributed by atoms with van der Waals surface area (Å²) in [4.78, 5) is 11.8. The van der Waals surface area contributed by atoms with E-state index in [0.717, 1.165) is 38.5 Å². The van der Waals surface area contributed by atoms with Crippen LogP contribution in [0.5, 0.6) is 0 Å². The summed E-state index contributed by atoms with van der Waals surface area (Å²) in [5.41, 5.74) is 0.0831. The van der Waals surface area contributed by atoms with Gasteiger partial charge in [-0.15, -0.1) is 17.5 Å². The van der Waals surface area contributed by atoms with Gasteiger partial charge in [0.25, 0.3) is 0 Å². The normalized spacial score (nSPS) is 23.8. The number of carbonyl (C=O) groups is 1. The molecule has 2 aliphatic rings. The van der Waals surface area contributed by atoms with E-state index in [1.165, 1.54) is 96.3 Å². The molecule has 0 aliphatic heterocycles. The summed E-state index contributed by atoms with van der Waals surface area (Å²) >= 11 is 6.63. The molecule has 0 bridgehead atoms. The summed E-state index contributed by atoms with van der Waals surface area (Å²) in [6, 6.07) is 0. The first-order chi connectivity index (χ1) is 22.3. The number of unbranched alkanes of at least 4 members (excludes halogenated alkanes) is 15. The van der Waals surface area contributed by atoms with Gasteiger partial charge >= 0.3 is 5.97 Å². The van der Waals surface area contributed by atoms with Crippen molar-refractivity contribution in [1.82, 2.24) is 0 Å². The molecule has 1 unspecified atom stereocenters. The number of carboxylic acid groups (broad SMARTS) is 1. The molecule has 0 aromatic heterocycles. The summed E-state index contributed by atoms with van der Waals surface area (Å²) < 4.78 is 0. The molecule has 0 spiro atoms. The summed E-state index contributed by atoms with van der Waals surface area (Å²) in [6.45, 7) is 4.44. The van der Waals surface area contributed by atoms with Crippen LogP contribution in [0.25, 0.3) is 0 Å². The highest BCUT2D eigenvalue weighted by Crippen LogP contribution is 2.48. The molecule has 0 radical (unpaired) electrons. The van der Waals surface area contributed by atoms with E-state index < -0.39 is 18.0 Å². The van der Waals surface area contributed by atoms with Crippen molar-refractivity contribution in [3.05, 3.63) is 24.3 Å². The lowest BCUT2D eigenvalue weighted by Crippen LogP contribution is -2.40. The molecule has 4 nitrogen and oxygen atoms in total. The standard InChI is InChI=1S/C41H69ClO4/c1-3-5-6-7-8-9-10-11-12-13-14-15-16-17-18-19-21-26-34(40(45)46)27-22-20-23-28-35-36(38(43)33-37(35)42)29-24-30-39(44)41(4-2)31-25-32-41/h20,23-24,29,34-39,43-44H,3-19,22,25,27-28,30-33H2,1-2H3,(H,45,46)/b23-20-,29-24+/t34?,35-,36-,37-,38-,39+/m1/s1. The van der Waals surface area contributed by atoms with Crippen molar-refractivity contribution >= 4 is 17.6 Å². The minimum Gasteiger partial charge on any atom is -0.480 e. The van der Waals surface area contributed by atoms with Crippen molar-refractivity contribution in [3.63, 3.8) is 0 Å². The van der Waals surface area contributed by atoms with E-state index in [1.807, 2.05) is 6.08 Å². The number of aliphatic hydroxyl groups is 2. The van der Waals surface area contributed by atoms with Gasteiger partial charge in [-0.1, -0.05) is 140 Å². The monoisotopic (exact) mass is 660 g/mol. The summed E-state index contributed by atoms with van der Waals surface area (Å²) in [7, 11) is 0. The molecule has 2 fully saturated rings. The number of hydrogen-bond donors (Lipinski definition) is 3. The number of rotatable bonds is 26. The third-order valence-electron chi connectivity index (χ3n) is 11.0. The fraction of sp³-hybridized carbons (Fsp3) is 0.829. The van der Waals surface area contributed by atoms with E-state index in [4.69, 9.17) is 11.6 Å². The zero-order valence-electron chi connectivity index (χ0n) is 29.6. The molecular weight excluding hydrogens is 592 g/mol. The smallest absolute Gasteiger partial charge is 0.318 e. The van der Waals surface area contributed by atoms with Gasteiger partial charge in [0.2, 0.25) is 0 Å². The van der Waals surface area contributed by atoms with Gasteiger partial charge in [-0.05, 0) is 69.1 Å². The number of alkyl halides is 1. The first-order valence-electron chi connectivity index (χ1n) is 19.4. The second-order valence-corrected chi connectivity index (χ2v) is 15.1. The van der Waals surface area contributed by atoms with Gasteiger partial charge in [0, 0.05) is 17.7 Å². The van der Waals surface area contributed by atoms with Crippen LogP contribution in [0.15, 0.2) is 24.3 Å². The molecule has 0 heterocycles. The Bertz CT molecular complexity index is 908. The van der Waals surface area contributed by atoms with E-state index in [9.17, 15) is 20.1 Å². The minimum absolute atomic E-state index is 0.0179. The predicted molar refractivity (Wildman–Crippen MR) is 195 cm³/mol. The second kappa shape index (κ2) is 24.8. The molecule has 46 heavy (non-hydrogen) atoms. The van der Waals surface area contributed by atoms with Gasteiger partial charge in [0.15, 0.2) is 0 Å². The lowest BCUT2D eigenvalue weighted by atomic mass is 9.63. The van der Waals surface area contributed by atoms with E-state index in [1.54, 1.807) is 0 Å². The zero-order valence-corrected chi connectivity index (χ0v) is 30.3. The quantitative estimate of drug-likeness (QED) is 0.0373. The highest BCUT2D eigenvalue weighted by molar-refractivity contribution is 6.21. The van der Waals surface area contributed by atoms with Crippen LogP contribution in [0.3, 0.4) is 0 Å². The van der Waals surface area contributed by atoms with Gasteiger partial charge in [-0.2, -0.15) is 0 Å². The maximum atomic E-state index is 11.8. The van der Waals surface area contributed by atoms with Crippen molar-refractivity contribution in [1.29, 1.82) is 0 Å². The molecule has 5 heteroatoms. The molecule has 264 valence electrons. The number of carboxylic acids is 1. The van der Waals surface area contributed by atoms with E-state index >= 15 is 0 Å². The van der Waals surface area contributed by atoms with Gasteiger partial charge in [-0.3, -0.25) is 4.79 Å². The van der Waals surface area contributed by atoms with Crippen molar-refractivity contribution < 1.29 is 20.1 Å². The fourth-order valence-electron chi connectivity index (χ4n) is 7.50. The van der Waals surface area contributed by atoms with Crippen LogP contribution in [0.4, 0.5) is 0 Å². The lowest BCUT2D eigenvalue weighted by molar-refractivity contribution is -0.139. The molecule has 6 atom stereocenters. The first-order valence-corrected chi connectivity index (χ1v) is 19.8. The molecule has 0 amide bonds. The van der Waals surface area contributed by atoms with Gasteiger partial charge < -0.3 is 15.3 Å². The SMILES string of the molecule is CCCCCCCCCCCCCCCCCC#CC(CC/C=C\C[C@@H]1[C@@H](/C=C/C[C@H](O)C2(CC)CCC2)[C@H](O)C[C@H]1Cl)C(=O)O. The van der Waals surface area contributed by atoms with E-state index in [0.29, 0.717) is 25.7 Å². The molecule has 2 saturated carbocycles. The summed E-state index contributed by atoms with van der Waals surface area (Å²) in [6.07, 6.45) is 35.9. The van der Waals surface area contributed by atoms with Crippen LogP contribution < -0.4 is 0 Å². The second-order valence-electron chi connectivity index (χ2n) is 14.5. The van der Waals surface area contributed by atoms with Crippen LogP contribution in [0, 0.1) is 35.0 Å². The van der Waals surface area contributed by atoms with Gasteiger partial charge in [0.05, 0.1) is 12.2 Å². The zero-order chi connectivity index (χ0) is 33.5. The predicted octanol–water partition coefficient (Wildman–Crippen LogP) is 11.2. The molecular formula is C41H69ClO4. The molecule has 0 saturated heterocycles. The Balaban J connectivity index is 1.57. The number of aliphatic carboxylic acids is 1. The van der Waals surface area contributed by atoms with Crippen molar-refractivity contribution in [2.75, 3.05) is 0 Å². The summed E-state index contributed by atoms with van der Waals surface area (Å²) in [5, 5.41) is 30.9. The Hall–Kier alpha value is -1.28. The Morgan fingerprint density at radius 1 is 0.891 bits per heavy atom. The maximum absolute atomic E-state index is 11.8. The highest BCUT2D eigenvalue weighted by atomic mass is 35.5.